The number of aryl methyl sites for hydroxylation is 1. The number of anilines is 1. The molecule has 0 radical (unpaired) electrons. The molecule has 3 aliphatic carbocycles. The minimum absolute atomic E-state index is 0.135. The number of nitrogens with zero attached hydrogens (tertiary/aromatic N) is 1. The van der Waals surface area contributed by atoms with E-state index < -0.39 is 0 Å². The zero-order valence-electron chi connectivity index (χ0n) is 47.4. The Morgan fingerprint density at radius 2 is 1.38 bits per heavy atom. The van der Waals surface area contributed by atoms with Gasteiger partial charge in [-0.15, -0.1) is 0 Å². The third-order valence-corrected chi connectivity index (χ3v) is 13.0. The number of allylic oxidation sites excluding steroid dienone is 14. The van der Waals surface area contributed by atoms with Crippen molar-refractivity contribution in [1.82, 2.24) is 0 Å². The van der Waals surface area contributed by atoms with Gasteiger partial charge in [0.1, 0.15) is 11.3 Å². The van der Waals surface area contributed by atoms with Gasteiger partial charge in [0.15, 0.2) is 0 Å². The van der Waals surface area contributed by atoms with Crippen LogP contribution in [0.3, 0.4) is 0 Å². The highest BCUT2D eigenvalue weighted by atomic mass is 16.5. The Morgan fingerprint density at radius 3 is 1.91 bits per heavy atom. The van der Waals surface area contributed by atoms with Crippen LogP contribution in [0.15, 0.2) is 142 Å². The number of fused-ring (bicyclic) bond motifs is 2. The second-order valence-electron chi connectivity index (χ2n) is 18.3. The summed E-state index contributed by atoms with van der Waals surface area (Å²) in [5.74, 6) is 4.10. The number of rotatable bonds is 23. The lowest BCUT2D eigenvalue weighted by Crippen LogP contribution is -2.38. The Hall–Kier alpha value is -4.54. The first-order valence-electron chi connectivity index (χ1n) is 27.4. The van der Waals surface area contributed by atoms with Gasteiger partial charge in [-0.1, -0.05) is 193 Å². The van der Waals surface area contributed by atoms with Gasteiger partial charge >= 0.3 is 0 Å². The van der Waals surface area contributed by atoms with Gasteiger partial charge in [-0.05, 0) is 151 Å². The molecule has 1 fully saturated rings. The molecule has 0 aliphatic heterocycles. The summed E-state index contributed by atoms with van der Waals surface area (Å²) in [6.45, 7) is 40.0. The standard InChI is InChI=1S/C36H51NO.C15H18O.C10H20O.2C2H6/c1-8-12-13-14-25-38-28(6)16-19-31(10-3)27(5)15-21-33(11-4)37(34-22-17-30(9-2)18-23-34)36-24-20-32-26-35(36)29(32)7;1-5-11(4)14-9-13-7-6-12(10(2)3)8-15(13)16-14;1-4-6-7-8-9-11-10(3)5-2;2*1-2/h10-11,15-24,27-29,35H,8-9,12-14,25-26H2,1-7H3;5-10H,1-4H3;5H,4,6-9H2,1-3H3;2*1-2H3/b19-16-,21-15-,31-10+,33-11+;11-5+;10-5+;;. The fourth-order valence-corrected chi connectivity index (χ4v) is 8.03. The first kappa shape index (κ1) is 62.5. The molecule has 4 heteroatoms. The van der Waals surface area contributed by atoms with E-state index in [4.69, 9.17) is 13.9 Å². The molecule has 0 amide bonds. The van der Waals surface area contributed by atoms with Crippen LogP contribution in [0.2, 0.25) is 0 Å². The molecule has 4 atom stereocenters. The molecule has 3 aliphatic rings. The molecular weight excluding hydrogens is 843 g/mol. The van der Waals surface area contributed by atoms with Crippen molar-refractivity contribution in [2.75, 3.05) is 18.1 Å². The summed E-state index contributed by atoms with van der Waals surface area (Å²) in [4.78, 5) is 2.48. The summed E-state index contributed by atoms with van der Waals surface area (Å²) in [7, 11) is 0. The summed E-state index contributed by atoms with van der Waals surface area (Å²) in [6, 6.07) is 17.7. The van der Waals surface area contributed by atoms with Gasteiger partial charge in [-0.3, -0.25) is 0 Å². The first-order chi connectivity index (χ1) is 33.3. The Balaban J connectivity index is 0.000000626. The van der Waals surface area contributed by atoms with Gasteiger partial charge < -0.3 is 18.8 Å². The van der Waals surface area contributed by atoms with E-state index in [9.17, 15) is 0 Å². The third kappa shape index (κ3) is 21.6. The van der Waals surface area contributed by atoms with E-state index in [0.29, 0.717) is 23.7 Å². The number of hydrogen-bond acceptors (Lipinski definition) is 4. The van der Waals surface area contributed by atoms with Crippen LogP contribution in [-0.2, 0) is 15.9 Å². The van der Waals surface area contributed by atoms with Gasteiger partial charge in [0.05, 0.1) is 18.5 Å². The lowest BCUT2D eigenvalue weighted by atomic mass is 9.65. The summed E-state index contributed by atoms with van der Waals surface area (Å²) < 4.78 is 17.2. The Kier molecular flexibility index (Phi) is 33.0. The van der Waals surface area contributed by atoms with Gasteiger partial charge in [-0.25, -0.2) is 0 Å². The topological polar surface area (TPSA) is 34.8 Å². The van der Waals surface area contributed by atoms with Crippen LogP contribution in [0.5, 0.6) is 0 Å². The van der Waals surface area contributed by atoms with Crippen molar-refractivity contribution in [2.45, 2.75) is 201 Å². The van der Waals surface area contributed by atoms with Gasteiger partial charge in [0.2, 0.25) is 0 Å². The van der Waals surface area contributed by atoms with E-state index in [1.165, 1.54) is 96.1 Å². The van der Waals surface area contributed by atoms with Crippen LogP contribution < -0.4 is 4.90 Å². The molecule has 1 heterocycles. The smallest absolute Gasteiger partial charge is 0.135 e. The SMILES string of the molecule is C/C=C(\C)OCCCCCC.C/C=C(\C)c1cc2ccc(C(C)C)cc2o1.C/C=C(\C=C/C(C)OCCCCCC)C(C)/C=C\C(=C/C)N(C1=CC=C2CC1C2C)c1ccc(CC)cc1.CC.CC. The zero-order valence-corrected chi connectivity index (χ0v) is 47.4. The maximum atomic E-state index is 6.01. The summed E-state index contributed by atoms with van der Waals surface area (Å²) in [5.41, 5.74) is 11.7. The summed E-state index contributed by atoms with van der Waals surface area (Å²) in [5, 5.41) is 1.18. The number of furan rings is 1. The Morgan fingerprint density at radius 1 is 0.725 bits per heavy atom. The fourth-order valence-electron chi connectivity index (χ4n) is 8.03. The Bertz CT molecular complexity index is 2100. The van der Waals surface area contributed by atoms with Crippen molar-refractivity contribution in [2.24, 2.45) is 17.8 Å². The normalized spacial score (nSPS) is 16.7. The van der Waals surface area contributed by atoms with E-state index >= 15 is 0 Å². The quantitative estimate of drug-likeness (QED) is 0.0539. The van der Waals surface area contributed by atoms with Crippen LogP contribution >= 0.6 is 0 Å². The second-order valence-corrected chi connectivity index (χ2v) is 18.3. The number of unbranched alkanes of at least 4 members (excludes halogenated alkanes) is 6. The van der Waals surface area contributed by atoms with Crippen LogP contribution in [-0.4, -0.2) is 19.3 Å². The van der Waals surface area contributed by atoms with E-state index in [2.05, 4.69) is 184 Å². The van der Waals surface area contributed by atoms with Crippen molar-refractivity contribution in [3.63, 3.8) is 0 Å². The summed E-state index contributed by atoms with van der Waals surface area (Å²) in [6.07, 6.45) is 34.8. The van der Waals surface area contributed by atoms with Crippen LogP contribution in [0.1, 0.15) is 205 Å². The lowest BCUT2D eigenvalue weighted by molar-refractivity contribution is 0.0939. The van der Waals surface area contributed by atoms with E-state index in [1.807, 2.05) is 54.5 Å². The van der Waals surface area contributed by atoms with Crippen LogP contribution in [0, 0.1) is 17.8 Å². The molecule has 0 N–H and O–H groups in total. The molecular formula is C65H101NO3. The molecule has 384 valence electrons. The van der Waals surface area contributed by atoms with Gasteiger partial charge in [0.25, 0.3) is 0 Å². The highest BCUT2D eigenvalue weighted by Gasteiger charge is 2.39. The van der Waals surface area contributed by atoms with Crippen molar-refractivity contribution < 1.29 is 13.9 Å². The molecule has 3 aromatic rings. The van der Waals surface area contributed by atoms with E-state index in [-0.39, 0.29) is 6.10 Å². The predicted octanol–water partition coefficient (Wildman–Crippen LogP) is 20.7. The maximum Gasteiger partial charge on any atom is 0.135 e. The highest BCUT2D eigenvalue weighted by molar-refractivity contribution is 5.82. The molecule has 2 bridgehead atoms. The predicted molar refractivity (Wildman–Crippen MR) is 308 cm³/mol. The van der Waals surface area contributed by atoms with Crippen molar-refractivity contribution in [3.8, 4) is 0 Å². The number of ether oxygens (including phenoxy) is 2. The molecule has 1 saturated carbocycles. The van der Waals surface area contributed by atoms with E-state index in [1.54, 1.807) is 5.57 Å². The zero-order chi connectivity index (χ0) is 51.7. The van der Waals surface area contributed by atoms with E-state index in [0.717, 1.165) is 43.2 Å². The third-order valence-electron chi connectivity index (χ3n) is 13.0. The molecule has 69 heavy (non-hydrogen) atoms. The first-order valence-corrected chi connectivity index (χ1v) is 27.4. The van der Waals surface area contributed by atoms with Crippen LogP contribution in [0.25, 0.3) is 16.5 Å². The molecule has 0 spiro atoms. The Labute approximate surface area is 425 Å². The summed E-state index contributed by atoms with van der Waals surface area (Å²) >= 11 is 0. The van der Waals surface area contributed by atoms with Gasteiger partial charge in [0, 0.05) is 35.0 Å². The average Bonchev–Trinajstić information content (AvgIpc) is 3.82. The highest BCUT2D eigenvalue weighted by Crippen LogP contribution is 2.50. The maximum absolute atomic E-state index is 6.01. The molecule has 4 nitrogen and oxygen atoms in total. The average molecular weight is 945 g/mol. The molecule has 4 unspecified atom stereocenters. The van der Waals surface area contributed by atoms with Crippen molar-refractivity contribution in [3.05, 3.63) is 154 Å². The monoisotopic (exact) mass is 944 g/mol. The molecule has 2 aromatic carbocycles. The minimum Gasteiger partial charge on any atom is -0.499 e. The number of hydrogen-bond donors (Lipinski definition) is 0. The van der Waals surface area contributed by atoms with Crippen molar-refractivity contribution >= 4 is 22.2 Å². The second kappa shape index (κ2) is 36.4. The molecule has 6 rings (SSSR count). The molecule has 0 saturated heterocycles. The lowest BCUT2D eigenvalue weighted by Gasteiger charge is -2.46. The van der Waals surface area contributed by atoms with Crippen molar-refractivity contribution in [1.29, 1.82) is 0 Å². The largest absolute Gasteiger partial charge is 0.499 e. The van der Waals surface area contributed by atoms with Gasteiger partial charge in [-0.2, -0.15) is 0 Å². The minimum atomic E-state index is 0.135. The van der Waals surface area contributed by atoms with Crippen LogP contribution in [0.4, 0.5) is 5.69 Å². The fraction of sp³-hybridized carbons (Fsp3) is 0.538. The number of benzene rings is 2. The molecule has 1 aromatic heterocycles.